The van der Waals surface area contributed by atoms with Crippen molar-refractivity contribution in [1.29, 1.82) is 0 Å². The van der Waals surface area contributed by atoms with E-state index < -0.39 is 10.0 Å². The van der Waals surface area contributed by atoms with E-state index in [1.165, 1.54) is 11.3 Å². The third kappa shape index (κ3) is 6.82. The fourth-order valence-corrected chi connectivity index (χ4v) is 7.37. The van der Waals surface area contributed by atoms with Crippen molar-refractivity contribution in [3.05, 3.63) is 53.1 Å². The zero-order chi connectivity index (χ0) is 25.9. The summed E-state index contributed by atoms with van der Waals surface area (Å²) in [4.78, 5) is 22.5. The summed E-state index contributed by atoms with van der Waals surface area (Å²) in [5, 5.41) is 1.22. The van der Waals surface area contributed by atoms with Gasteiger partial charge in [-0.1, -0.05) is 43.7 Å². The number of amides is 1. The largest absolute Gasteiger partial charge is 0.302 e. The number of sulfonamides is 1. The molecule has 0 bridgehead atoms. The standard InChI is InChI=1S/C26H33ClN4O3S2.ClH/c1-4-29(5-2)15-16-31(26-28-23-13-10-21(27)17-24(23)35-26)25(32)20-8-11-22(12-9-20)36(33,34)30-14-6-7-19(3)18-30;/h8-13,17,19H,4-7,14-16,18H2,1-3H3;1H. The first-order valence-corrected chi connectivity index (χ1v) is 15.1. The van der Waals surface area contributed by atoms with Gasteiger partial charge in [-0.05, 0) is 74.3 Å². The van der Waals surface area contributed by atoms with Crippen LogP contribution in [0.1, 0.15) is 44.0 Å². The molecule has 1 saturated heterocycles. The minimum atomic E-state index is -3.58. The fraction of sp³-hybridized carbons (Fsp3) is 0.462. The number of benzene rings is 2. The van der Waals surface area contributed by atoms with E-state index in [-0.39, 0.29) is 23.2 Å². The van der Waals surface area contributed by atoms with Crippen molar-refractivity contribution in [2.24, 2.45) is 5.92 Å². The molecule has 1 fully saturated rings. The van der Waals surface area contributed by atoms with Gasteiger partial charge in [0.25, 0.3) is 5.91 Å². The normalized spacial score (nSPS) is 16.6. The Balaban J connectivity index is 0.00000380. The Morgan fingerprint density at radius 1 is 1.14 bits per heavy atom. The zero-order valence-corrected chi connectivity index (χ0v) is 24.6. The molecule has 0 N–H and O–H groups in total. The topological polar surface area (TPSA) is 73.8 Å². The lowest BCUT2D eigenvalue weighted by atomic mass is 10.0. The summed E-state index contributed by atoms with van der Waals surface area (Å²) < 4.78 is 28.8. The lowest BCUT2D eigenvalue weighted by molar-refractivity contribution is 0.0983. The van der Waals surface area contributed by atoms with Gasteiger partial charge in [0, 0.05) is 36.8 Å². The van der Waals surface area contributed by atoms with Gasteiger partial charge in [-0.25, -0.2) is 13.4 Å². The van der Waals surface area contributed by atoms with Gasteiger partial charge in [0.2, 0.25) is 10.0 Å². The number of aromatic nitrogens is 1. The van der Waals surface area contributed by atoms with Crippen molar-refractivity contribution in [2.75, 3.05) is 44.2 Å². The number of fused-ring (bicyclic) bond motifs is 1. The summed E-state index contributed by atoms with van der Waals surface area (Å²) in [6.07, 6.45) is 1.91. The molecule has 0 saturated carbocycles. The highest BCUT2D eigenvalue weighted by atomic mass is 35.5. The Kier molecular flexibility index (Phi) is 10.4. The third-order valence-corrected chi connectivity index (χ3v) is 9.86. The number of anilines is 1. The number of carbonyl (C=O) groups excluding carboxylic acids is 1. The minimum absolute atomic E-state index is 0. The molecule has 7 nitrogen and oxygen atoms in total. The molecular formula is C26H34Cl2N4O3S2. The summed E-state index contributed by atoms with van der Waals surface area (Å²) in [6, 6.07) is 11.8. The van der Waals surface area contributed by atoms with Gasteiger partial charge in [-0.2, -0.15) is 4.31 Å². The van der Waals surface area contributed by atoms with Crippen LogP contribution in [0.2, 0.25) is 5.02 Å². The van der Waals surface area contributed by atoms with Crippen LogP contribution in [0.4, 0.5) is 5.13 Å². The summed E-state index contributed by atoms with van der Waals surface area (Å²) in [5.41, 5.74) is 1.22. The molecule has 2 aromatic carbocycles. The van der Waals surface area contributed by atoms with Crippen LogP contribution in [-0.2, 0) is 10.0 Å². The lowest BCUT2D eigenvalue weighted by Crippen LogP contribution is -2.39. The van der Waals surface area contributed by atoms with Gasteiger partial charge in [-0.15, -0.1) is 12.4 Å². The summed E-state index contributed by atoms with van der Waals surface area (Å²) in [7, 11) is -3.58. The molecular weight excluding hydrogens is 551 g/mol. The lowest BCUT2D eigenvalue weighted by Gasteiger charge is -2.30. The summed E-state index contributed by atoms with van der Waals surface area (Å²) >= 11 is 7.59. The third-order valence-electron chi connectivity index (χ3n) is 6.71. The van der Waals surface area contributed by atoms with E-state index in [2.05, 4.69) is 25.7 Å². The molecule has 11 heteroatoms. The molecule has 3 aromatic rings. The van der Waals surface area contributed by atoms with Crippen LogP contribution in [0.15, 0.2) is 47.4 Å². The molecule has 1 atom stereocenters. The molecule has 0 aliphatic carbocycles. The highest BCUT2D eigenvalue weighted by Crippen LogP contribution is 2.32. The van der Waals surface area contributed by atoms with E-state index in [9.17, 15) is 13.2 Å². The van der Waals surface area contributed by atoms with Gasteiger partial charge in [0.1, 0.15) is 0 Å². The van der Waals surface area contributed by atoms with Crippen molar-refractivity contribution < 1.29 is 13.2 Å². The van der Waals surface area contributed by atoms with Crippen LogP contribution in [0.25, 0.3) is 10.2 Å². The van der Waals surface area contributed by atoms with Gasteiger partial charge in [-0.3, -0.25) is 9.69 Å². The second-order valence-electron chi connectivity index (χ2n) is 9.23. The van der Waals surface area contributed by atoms with E-state index >= 15 is 0 Å². The Bertz CT molecular complexity index is 1310. The van der Waals surface area contributed by atoms with Gasteiger partial charge >= 0.3 is 0 Å². The maximum atomic E-state index is 13.7. The van der Waals surface area contributed by atoms with E-state index in [0.717, 1.165) is 36.1 Å². The van der Waals surface area contributed by atoms with Gasteiger partial charge < -0.3 is 4.90 Å². The quantitative estimate of drug-likeness (QED) is 0.318. The maximum Gasteiger partial charge on any atom is 0.260 e. The van der Waals surface area contributed by atoms with Crippen molar-refractivity contribution in [1.82, 2.24) is 14.2 Å². The molecule has 1 amide bonds. The van der Waals surface area contributed by atoms with Crippen LogP contribution >= 0.6 is 35.3 Å². The highest BCUT2D eigenvalue weighted by Gasteiger charge is 2.29. The molecule has 1 unspecified atom stereocenters. The Morgan fingerprint density at radius 2 is 1.84 bits per heavy atom. The SMILES string of the molecule is CCN(CC)CCN(C(=O)c1ccc(S(=O)(=O)N2CCCC(C)C2)cc1)c1nc2ccc(Cl)cc2s1.Cl. The molecule has 1 aromatic heterocycles. The molecule has 0 spiro atoms. The van der Waals surface area contributed by atoms with Crippen LogP contribution in [0, 0.1) is 5.92 Å². The number of carbonyl (C=O) groups is 1. The predicted molar refractivity (Wildman–Crippen MR) is 155 cm³/mol. The number of thiazole rings is 1. The van der Waals surface area contributed by atoms with Crippen molar-refractivity contribution >= 4 is 66.6 Å². The first-order valence-electron chi connectivity index (χ1n) is 12.4. The number of nitrogens with zero attached hydrogens (tertiary/aromatic N) is 4. The van der Waals surface area contributed by atoms with E-state index in [0.29, 0.717) is 47.8 Å². The Hall–Kier alpha value is -1.75. The first-order chi connectivity index (χ1) is 17.2. The molecule has 0 radical (unpaired) electrons. The zero-order valence-electron chi connectivity index (χ0n) is 21.4. The fourth-order valence-electron chi connectivity index (χ4n) is 4.51. The van der Waals surface area contributed by atoms with Gasteiger partial charge in [0.15, 0.2) is 5.13 Å². The summed E-state index contributed by atoms with van der Waals surface area (Å²) in [6.45, 7) is 10.3. The van der Waals surface area contributed by atoms with Crippen molar-refractivity contribution in [3.63, 3.8) is 0 Å². The smallest absolute Gasteiger partial charge is 0.260 e. The number of rotatable bonds is 9. The molecule has 202 valence electrons. The van der Waals surface area contributed by atoms with Crippen molar-refractivity contribution in [3.8, 4) is 0 Å². The molecule has 37 heavy (non-hydrogen) atoms. The van der Waals surface area contributed by atoms with Crippen molar-refractivity contribution in [2.45, 2.75) is 38.5 Å². The second-order valence-corrected chi connectivity index (χ2v) is 12.6. The van der Waals surface area contributed by atoms with Crippen LogP contribution in [-0.4, -0.2) is 67.8 Å². The number of likely N-dealkylation sites (N-methyl/N-ethyl adjacent to an activating group) is 1. The number of halogens is 2. The number of hydrogen-bond donors (Lipinski definition) is 0. The number of piperidine rings is 1. The van der Waals surface area contributed by atoms with E-state index in [4.69, 9.17) is 16.6 Å². The predicted octanol–water partition coefficient (Wildman–Crippen LogP) is 5.78. The van der Waals surface area contributed by atoms with Crippen LogP contribution in [0.3, 0.4) is 0 Å². The summed E-state index contributed by atoms with van der Waals surface area (Å²) in [5.74, 6) is 0.139. The first kappa shape index (κ1) is 29.8. The van der Waals surface area contributed by atoms with E-state index in [1.807, 2.05) is 12.1 Å². The molecule has 1 aliphatic heterocycles. The molecule has 4 rings (SSSR count). The average Bonchev–Trinajstić information content (AvgIpc) is 3.29. The Morgan fingerprint density at radius 3 is 2.49 bits per heavy atom. The molecule has 1 aliphatic rings. The monoisotopic (exact) mass is 584 g/mol. The van der Waals surface area contributed by atoms with E-state index in [1.54, 1.807) is 39.5 Å². The average molecular weight is 586 g/mol. The second kappa shape index (κ2) is 12.9. The highest BCUT2D eigenvalue weighted by molar-refractivity contribution is 7.89. The number of hydrogen-bond acceptors (Lipinski definition) is 6. The molecule has 2 heterocycles. The van der Waals surface area contributed by atoms with Crippen LogP contribution < -0.4 is 4.90 Å². The minimum Gasteiger partial charge on any atom is -0.302 e. The van der Waals surface area contributed by atoms with Crippen LogP contribution in [0.5, 0.6) is 0 Å². The van der Waals surface area contributed by atoms with Gasteiger partial charge in [0.05, 0.1) is 15.1 Å². The Labute approximate surface area is 234 Å². The maximum absolute atomic E-state index is 13.7.